The summed E-state index contributed by atoms with van der Waals surface area (Å²) in [7, 11) is -4.11. The topological polar surface area (TPSA) is 138 Å². The summed E-state index contributed by atoms with van der Waals surface area (Å²) in [6.45, 7) is 6.48. The van der Waals surface area contributed by atoms with Crippen LogP contribution in [0.3, 0.4) is 0 Å². The molecule has 13 heteroatoms. The molecule has 1 aliphatic heterocycles. The number of ether oxygens (including phenoxy) is 2. The smallest absolute Gasteiger partial charge is 0.459 e. The predicted molar refractivity (Wildman–Crippen MR) is 113 cm³/mol. The molecular formula is C20H26N3O8PY. The number of carboxylic acids is 1. The molecular weight excluding hydrogens is 530 g/mol. The average molecular weight is 556 g/mol. The van der Waals surface area contributed by atoms with E-state index in [0.717, 1.165) is 11.1 Å². The van der Waals surface area contributed by atoms with Crippen molar-refractivity contribution >= 4 is 13.7 Å². The molecule has 0 unspecified atom stereocenters. The minimum Gasteiger partial charge on any atom is -0.480 e. The number of nitrogens with zero attached hydrogens (tertiary/aromatic N) is 2. The summed E-state index contributed by atoms with van der Waals surface area (Å²) in [6, 6.07) is 5.49. The second-order valence-corrected chi connectivity index (χ2v) is 9.13. The first-order valence-corrected chi connectivity index (χ1v) is 11.5. The van der Waals surface area contributed by atoms with Gasteiger partial charge in [0.1, 0.15) is 18.4 Å². The second-order valence-electron chi connectivity index (χ2n) is 7.44. The van der Waals surface area contributed by atoms with Crippen molar-refractivity contribution in [3.8, 4) is 5.75 Å². The van der Waals surface area contributed by atoms with Gasteiger partial charge in [-0.25, -0.2) is 9.36 Å². The van der Waals surface area contributed by atoms with Gasteiger partial charge in [0.25, 0.3) is 0 Å². The molecule has 2 N–H and O–H groups in total. The van der Waals surface area contributed by atoms with Crippen molar-refractivity contribution in [1.29, 1.82) is 0 Å². The standard InChI is InChI=1S/C20H26N3O8P.Y/c1-12-5-7-16(8-6-12)31-32(27,22-15(4)19(24)25)29-11-18-28-10-17(30-18)23-9-13(2)14(3)21-20(23)26;/h5-9,15,17-18H,10-11H2,1-4H3,(H,22,27)(H,24,25);/t15-,17-,18-,32-;/m0./s1. The molecule has 0 aliphatic carbocycles. The second kappa shape index (κ2) is 11.8. The van der Waals surface area contributed by atoms with Crippen LogP contribution in [0.25, 0.3) is 0 Å². The van der Waals surface area contributed by atoms with E-state index in [4.69, 9.17) is 18.5 Å². The molecule has 3 rings (SSSR count). The van der Waals surface area contributed by atoms with E-state index >= 15 is 0 Å². The number of hydrogen-bond acceptors (Lipinski definition) is 8. The van der Waals surface area contributed by atoms with Gasteiger partial charge < -0.3 is 19.1 Å². The largest absolute Gasteiger partial charge is 0.480 e. The summed E-state index contributed by atoms with van der Waals surface area (Å²) < 4.78 is 36.7. The van der Waals surface area contributed by atoms with Crippen LogP contribution in [0.5, 0.6) is 5.75 Å². The maximum Gasteiger partial charge on any atom is 0.459 e. The molecule has 1 aromatic carbocycles. The number of aromatic nitrogens is 2. The predicted octanol–water partition coefficient (Wildman–Crippen LogP) is 2.30. The third kappa shape index (κ3) is 7.52. The van der Waals surface area contributed by atoms with Gasteiger partial charge in [0.2, 0.25) is 0 Å². The van der Waals surface area contributed by atoms with Crippen LogP contribution in [0.4, 0.5) is 0 Å². The van der Waals surface area contributed by atoms with Gasteiger partial charge in [-0.2, -0.15) is 10.1 Å². The van der Waals surface area contributed by atoms with Crippen LogP contribution in [-0.4, -0.2) is 46.2 Å². The van der Waals surface area contributed by atoms with Gasteiger partial charge in [0.05, 0.1) is 6.61 Å². The molecule has 0 amide bonds. The first-order chi connectivity index (χ1) is 15.1. The van der Waals surface area contributed by atoms with Gasteiger partial charge in [0.15, 0.2) is 12.5 Å². The number of rotatable bonds is 9. The molecule has 0 bridgehead atoms. The Morgan fingerprint density at radius 1 is 1.33 bits per heavy atom. The van der Waals surface area contributed by atoms with Crippen LogP contribution in [0.2, 0.25) is 0 Å². The molecule has 1 aromatic heterocycles. The van der Waals surface area contributed by atoms with E-state index in [2.05, 4.69) is 10.1 Å². The van der Waals surface area contributed by atoms with Crippen molar-refractivity contribution in [2.75, 3.05) is 13.2 Å². The summed E-state index contributed by atoms with van der Waals surface area (Å²) in [5.74, 6) is -0.987. The zero-order valence-corrected chi connectivity index (χ0v) is 22.5. The molecule has 1 saturated heterocycles. The van der Waals surface area contributed by atoms with Crippen molar-refractivity contribution in [3.63, 3.8) is 0 Å². The van der Waals surface area contributed by atoms with E-state index < -0.39 is 38.0 Å². The summed E-state index contributed by atoms with van der Waals surface area (Å²) in [5, 5.41) is 11.6. The molecule has 177 valence electrons. The molecule has 4 atom stereocenters. The maximum absolute atomic E-state index is 13.2. The minimum atomic E-state index is -4.11. The Morgan fingerprint density at radius 2 is 2.00 bits per heavy atom. The Hall–Kier alpha value is -1.46. The quantitative estimate of drug-likeness (QED) is 0.443. The van der Waals surface area contributed by atoms with Crippen molar-refractivity contribution in [2.24, 2.45) is 0 Å². The van der Waals surface area contributed by atoms with Crippen LogP contribution in [0.1, 0.15) is 30.0 Å². The SMILES string of the molecule is Cc1ccc(O[P@](=O)(N[C@@H](C)C(=O)O)OC[C@H]2OC[C@@H](n3cc(C)c(C)nc3=O)O2)cc1.[Y]. The molecule has 1 aliphatic rings. The minimum absolute atomic E-state index is 0. The number of benzene rings is 1. The van der Waals surface area contributed by atoms with Gasteiger partial charge in [0, 0.05) is 44.6 Å². The third-order valence-corrected chi connectivity index (χ3v) is 6.42. The zero-order chi connectivity index (χ0) is 23.5. The fourth-order valence-corrected chi connectivity index (χ4v) is 4.29. The Bertz CT molecular complexity index is 1080. The van der Waals surface area contributed by atoms with Crippen LogP contribution in [0, 0.1) is 20.8 Å². The molecule has 33 heavy (non-hydrogen) atoms. The number of nitrogens with one attached hydrogen (secondary N) is 1. The van der Waals surface area contributed by atoms with Gasteiger partial charge in [-0.15, -0.1) is 0 Å². The van der Waals surface area contributed by atoms with E-state index in [0.29, 0.717) is 5.69 Å². The zero-order valence-electron chi connectivity index (χ0n) is 18.8. The van der Waals surface area contributed by atoms with E-state index in [1.807, 2.05) is 13.8 Å². The Kier molecular flexibility index (Phi) is 9.93. The van der Waals surface area contributed by atoms with E-state index in [-0.39, 0.29) is 51.7 Å². The summed E-state index contributed by atoms with van der Waals surface area (Å²) in [5.41, 5.74) is 1.93. The maximum atomic E-state index is 13.2. The average Bonchev–Trinajstić information content (AvgIpc) is 3.20. The van der Waals surface area contributed by atoms with Crippen LogP contribution >= 0.6 is 7.75 Å². The fourth-order valence-electron chi connectivity index (χ4n) is 2.81. The Labute approximate surface area is 216 Å². The summed E-state index contributed by atoms with van der Waals surface area (Å²) in [6.07, 6.45) is -0.0553. The van der Waals surface area contributed by atoms with Crippen LogP contribution in [-0.2, 0) is 56.1 Å². The molecule has 11 nitrogen and oxygen atoms in total. The fraction of sp³-hybridized carbons (Fsp3) is 0.450. The van der Waals surface area contributed by atoms with E-state index in [1.165, 1.54) is 11.5 Å². The monoisotopic (exact) mass is 556 g/mol. The molecule has 0 saturated carbocycles. The normalized spacial score (nSPS) is 20.5. The molecule has 2 heterocycles. The number of carboxylic acid groups (broad SMARTS) is 1. The molecule has 2 aromatic rings. The third-order valence-electron chi connectivity index (χ3n) is 4.78. The van der Waals surface area contributed by atoms with Crippen molar-refractivity contribution in [1.82, 2.24) is 14.6 Å². The van der Waals surface area contributed by atoms with Gasteiger partial charge in [-0.1, -0.05) is 17.7 Å². The van der Waals surface area contributed by atoms with Crippen molar-refractivity contribution in [2.45, 2.75) is 46.3 Å². The van der Waals surface area contributed by atoms with E-state index in [9.17, 15) is 19.3 Å². The number of carbonyl (C=O) groups is 1. The number of aryl methyl sites for hydroxylation is 3. The summed E-state index contributed by atoms with van der Waals surface area (Å²) in [4.78, 5) is 27.3. The Balaban J connectivity index is 0.00000385. The van der Waals surface area contributed by atoms with Crippen LogP contribution in [0.15, 0.2) is 35.3 Å². The van der Waals surface area contributed by atoms with Crippen LogP contribution < -0.4 is 15.3 Å². The van der Waals surface area contributed by atoms with Gasteiger partial charge in [-0.05, 0) is 45.4 Å². The van der Waals surface area contributed by atoms with Gasteiger partial charge >= 0.3 is 19.4 Å². The number of aliphatic carboxylic acids is 1. The van der Waals surface area contributed by atoms with E-state index in [1.54, 1.807) is 37.4 Å². The first kappa shape index (κ1) is 27.8. The first-order valence-electron chi connectivity index (χ1n) is 9.91. The Morgan fingerprint density at radius 3 is 2.64 bits per heavy atom. The molecule has 1 radical (unpaired) electrons. The van der Waals surface area contributed by atoms with Crippen molar-refractivity contribution in [3.05, 3.63) is 57.8 Å². The molecule has 0 spiro atoms. The molecule has 1 fully saturated rings. The number of hydrogen-bond donors (Lipinski definition) is 2. The summed E-state index contributed by atoms with van der Waals surface area (Å²) >= 11 is 0. The van der Waals surface area contributed by atoms with Gasteiger partial charge in [-0.3, -0.25) is 13.9 Å². The van der Waals surface area contributed by atoms with Crippen molar-refractivity contribution < 1.29 is 65.7 Å².